The number of fused-ring (bicyclic) bond motifs is 1. The van der Waals surface area contributed by atoms with Crippen LogP contribution in [0.1, 0.15) is 18.5 Å². The van der Waals surface area contributed by atoms with Gasteiger partial charge in [0.15, 0.2) is 0 Å². The van der Waals surface area contributed by atoms with E-state index in [0.717, 1.165) is 41.8 Å². The highest BCUT2D eigenvalue weighted by atomic mass is 16.5. The van der Waals surface area contributed by atoms with Gasteiger partial charge in [0.2, 0.25) is 5.91 Å². The van der Waals surface area contributed by atoms with E-state index in [1.807, 2.05) is 31.2 Å². The number of piperidine rings is 1. The molecule has 1 aliphatic rings. The van der Waals surface area contributed by atoms with Gasteiger partial charge in [-0.15, -0.1) is 0 Å². The molecule has 1 amide bonds. The average Bonchev–Trinajstić information content (AvgIpc) is 2.78. The van der Waals surface area contributed by atoms with Crippen molar-refractivity contribution in [3.63, 3.8) is 0 Å². The maximum Gasteiger partial charge on any atom is 0.230 e. The molecule has 0 radical (unpaired) electrons. The summed E-state index contributed by atoms with van der Waals surface area (Å²) in [5.41, 5.74) is 1.59. The molecule has 0 aliphatic carbocycles. The van der Waals surface area contributed by atoms with Gasteiger partial charge in [-0.1, -0.05) is 6.07 Å². The molecule has 3 aromatic rings. The van der Waals surface area contributed by atoms with Crippen LogP contribution in [0.2, 0.25) is 0 Å². The first kappa shape index (κ1) is 19.9. The van der Waals surface area contributed by atoms with E-state index in [-0.39, 0.29) is 11.8 Å². The molecule has 1 aliphatic heterocycles. The van der Waals surface area contributed by atoms with E-state index in [2.05, 4.69) is 25.2 Å². The standard InChI is InChI=1S/C22H25N5O3/c1-14-6-4-8-19(25-14)26-22(28)15-7-5-9-27(12-15)21-17-10-16(29-2)11-18(30-3)20(17)23-13-24-21/h4,6,8,10-11,13,15H,5,7,9,12H2,1-3H3,(H,25,26,28). The number of aromatic nitrogens is 3. The van der Waals surface area contributed by atoms with Crippen molar-refractivity contribution in [2.45, 2.75) is 19.8 Å². The Balaban J connectivity index is 1.60. The second kappa shape index (κ2) is 8.52. The molecule has 8 nitrogen and oxygen atoms in total. The van der Waals surface area contributed by atoms with E-state index in [0.29, 0.717) is 23.9 Å². The van der Waals surface area contributed by atoms with Crippen LogP contribution in [0.25, 0.3) is 10.9 Å². The summed E-state index contributed by atoms with van der Waals surface area (Å²) in [7, 11) is 3.22. The number of aryl methyl sites for hydroxylation is 1. The van der Waals surface area contributed by atoms with Crippen LogP contribution in [-0.4, -0.2) is 48.2 Å². The van der Waals surface area contributed by atoms with Crippen LogP contribution >= 0.6 is 0 Å². The maximum absolute atomic E-state index is 12.9. The van der Waals surface area contributed by atoms with Crippen LogP contribution in [0.5, 0.6) is 11.5 Å². The van der Waals surface area contributed by atoms with Crippen molar-refractivity contribution in [3.8, 4) is 11.5 Å². The first-order valence-corrected chi connectivity index (χ1v) is 9.95. The molecule has 8 heteroatoms. The summed E-state index contributed by atoms with van der Waals surface area (Å²) < 4.78 is 10.9. The number of carbonyl (C=O) groups excluding carboxylic acids is 1. The smallest absolute Gasteiger partial charge is 0.230 e. The minimum Gasteiger partial charge on any atom is -0.497 e. The molecule has 0 saturated carbocycles. The highest BCUT2D eigenvalue weighted by Gasteiger charge is 2.28. The summed E-state index contributed by atoms with van der Waals surface area (Å²) in [6.45, 7) is 3.29. The zero-order valence-electron chi connectivity index (χ0n) is 17.4. The lowest BCUT2D eigenvalue weighted by Gasteiger charge is -2.33. The van der Waals surface area contributed by atoms with Crippen LogP contribution in [0, 0.1) is 12.8 Å². The summed E-state index contributed by atoms with van der Waals surface area (Å²) in [5, 5.41) is 3.79. The number of carbonyl (C=O) groups is 1. The van der Waals surface area contributed by atoms with Gasteiger partial charge in [-0.2, -0.15) is 0 Å². The Bertz CT molecular complexity index is 1070. The van der Waals surface area contributed by atoms with Crippen molar-refractivity contribution in [2.24, 2.45) is 5.92 Å². The van der Waals surface area contributed by atoms with Gasteiger partial charge in [0.25, 0.3) is 0 Å². The quantitative estimate of drug-likeness (QED) is 0.695. The predicted molar refractivity (Wildman–Crippen MR) is 115 cm³/mol. The van der Waals surface area contributed by atoms with Gasteiger partial charge in [-0.25, -0.2) is 15.0 Å². The fraction of sp³-hybridized carbons (Fsp3) is 0.364. The summed E-state index contributed by atoms with van der Waals surface area (Å²) in [6, 6.07) is 9.32. The van der Waals surface area contributed by atoms with Crippen molar-refractivity contribution in [1.29, 1.82) is 0 Å². The van der Waals surface area contributed by atoms with Gasteiger partial charge in [0.05, 0.1) is 25.5 Å². The van der Waals surface area contributed by atoms with Crippen LogP contribution in [0.4, 0.5) is 11.6 Å². The van der Waals surface area contributed by atoms with Crippen molar-refractivity contribution in [1.82, 2.24) is 15.0 Å². The minimum atomic E-state index is -0.154. The normalized spacial score (nSPS) is 16.4. The Morgan fingerprint density at radius 1 is 1.20 bits per heavy atom. The number of anilines is 2. The Kier molecular flexibility index (Phi) is 5.65. The SMILES string of the molecule is COc1cc(OC)c2ncnc(N3CCCC(C(=O)Nc4cccc(C)n4)C3)c2c1. The Morgan fingerprint density at radius 3 is 2.83 bits per heavy atom. The van der Waals surface area contributed by atoms with Crippen LogP contribution in [0.3, 0.4) is 0 Å². The van der Waals surface area contributed by atoms with Crippen LogP contribution < -0.4 is 19.7 Å². The zero-order chi connectivity index (χ0) is 21.1. The molecule has 1 fully saturated rings. The van der Waals surface area contributed by atoms with Crippen LogP contribution in [0.15, 0.2) is 36.7 Å². The third kappa shape index (κ3) is 3.98. The number of hydrogen-bond donors (Lipinski definition) is 1. The molecular formula is C22H25N5O3. The maximum atomic E-state index is 12.9. The molecule has 1 unspecified atom stereocenters. The predicted octanol–water partition coefficient (Wildman–Crippen LogP) is 3.21. The topological polar surface area (TPSA) is 89.5 Å². The third-order valence-corrected chi connectivity index (χ3v) is 5.34. The molecule has 30 heavy (non-hydrogen) atoms. The minimum absolute atomic E-state index is 0.0219. The number of nitrogens with zero attached hydrogens (tertiary/aromatic N) is 4. The van der Waals surface area contributed by atoms with E-state index in [1.165, 1.54) is 6.33 Å². The monoisotopic (exact) mass is 407 g/mol. The van der Waals surface area contributed by atoms with Gasteiger partial charge in [-0.05, 0) is 38.0 Å². The molecular weight excluding hydrogens is 382 g/mol. The molecule has 1 aromatic carbocycles. The Morgan fingerprint density at radius 2 is 2.07 bits per heavy atom. The molecule has 0 bridgehead atoms. The molecule has 1 N–H and O–H groups in total. The lowest BCUT2D eigenvalue weighted by molar-refractivity contribution is -0.120. The number of amides is 1. The first-order valence-electron chi connectivity index (χ1n) is 9.95. The van der Waals surface area contributed by atoms with E-state index in [4.69, 9.17) is 9.47 Å². The van der Waals surface area contributed by atoms with E-state index in [9.17, 15) is 4.79 Å². The van der Waals surface area contributed by atoms with Gasteiger partial charge in [0.1, 0.15) is 35.0 Å². The van der Waals surface area contributed by atoms with Gasteiger partial charge in [-0.3, -0.25) is 4.79 Å². The summed E-state index contributed by atoms with van der Waals surface area (Å²) in [6.07, 6.45) is 3.25. The number of hydrogen-bond acceptors (Lipinski definition) is 7. The van der Waals surface area contributed by atoms with Gasteiger partial charge < -0.3 is 19.7 Å². The summed E-state index contributed by atoms with van der Waals surface area (Å²) in [5.74, 6) is 2.49. The molecule has 1 atom stereocenters. The van der Waals surface area contributed by atoms with Crippen LogP contribution in [-0.2, 0) is 4.79 Å². The molecule has 2 aromatic heterocycles. The number of methoxy groups -OCH3 is 2. The van der Waals surface area contributed by atoms with E-state index >= 15 is 0 Å². The number of pyridine rings is 1. The van der Waals surface area contributed by atoms with Gasteiger partial charge in [0, 0.05) is 24.8 Å². The van der Waals surface area contributed by atoms with Gasteiger partial charge >= 0.3 is 0 Å². The Labute approximate surface area is 175 Å². The second-order valence-electron chi connectivity index (χ2n) is 7.36. The summed E-state index contributed by atoms with van der Waals surface area (Å²) >= 11 is 0. The van der Waals surface area contributed by atoms with E-state index < -0.39 is 0 Å². The fourth-order valence-electron chi connectivity index (χ4n) is 3.85. The average molecular weight is 407 g/mol. The Hall–Kier alpha value is -3.42. The van der Waals surface area contributed by atoms with Crippen molar-refractivity contribution >= 4 is 28.4 Å². The molecule has 1 saturated heterocycles. The summed E-state index contributed by atoms with van der Waals surface area (Å²) in [4.78, 5) is 28.3. The molecule has 156 valence electrons. The number of rotatable bonds is 5. The lowest BCUT2D eigenvalue weighted by atomic mass is 9.96. The van der Waals surface area contributed by atoms with Crippen molar-refractivity contribution < 1.29 is 14.3 Å². The molecule has 0 spiro atoms. The van der Waals surface area contributed by atoms with Crippen molar-refractivity contribution in [3.05, 3.63) is 42.4 Å². The second-order valence-corrected chi connectivity index (χ2v) is 7.36. The third-order valence-electron chi connectivity index (χ3n) is 5.34. The fourth-order valence-corrected chi connectivity index (χ4v) is 3.85. The number of ether oxygens (including phenoxy) is 2. The first-order chi connectivity index (χ1) is 14.6. The zero-order valence-corrected chi connectivity index (χ0v) is 17.4. The molecule has 4 rings (SSSR count). The lowest BCUT2D eigenvalue weighted by Crippen LogP contribution is -2.41. The van der Waals surface area contributed by atoms with E-state index in [1.54, 1.807) is 20.3 Å². The number of benzene rings is 1. The van der Waals surface area contributed by atoms with Crippen molar-refractivity contribution in [2.75, 3.05) is 37.5 Å². The highest BCUT2D eigenvalue weighted by molar-refractivity contribution is 5.95. The largest absolute Gasteiger partial charge is 0.497 e. The highest BCUT2D eigenvalue weighted by Crippen LogP contribution is 2.35. The molecule has 3 heterocycles. The number of nitrogens with one attached hydrogen (secondary N) is 1.